The van der Waals surface area contributed by atoms with Gasteiger partial charge < -0.3 is 25.3 Å². The third-order valence-electron chi connectivity index (χ3n) is 3.91. The van der Waals surface area contributed by atoms with Crippen LogP contribution in [0.2, 0.25) is 0 Å². The molecule has 0 saturated carbocycles. The molecule has 2 aromatic carbocycles. The Morgan fingerprint density at radius 1 is 0.968 bits per heavy atom. The van der Waals surface area contributed by atoms with Crippen LogP contribution in [-0.4, -0.2) is 44.8 Å². The molecule has 0 spiro atoms. The van der Waals surface area contributed by atoms with Crippen molar-refractivity contribution in [2.24, 2.45) is 10.8 Å². The number of rotatable bonds is 11. The van der Waals surface area contributed by atoms with Crippen molar-refractivity contribution < 1.29 is 28.6 Å². The minimum absolute atomic E-state index is 0.00705. The van der Waals surface area contributed by atoms with Crippen LogP contribution in [0.15, 0.2) is 47.6 Å². The maximum Gasteiger partial charge on any atom is 0.255 e. The maximum atomic E-state index is 11.9. The van der Waals surface area contributed by atoms with Crippen LogP contribution < -0.4 is 30.7 Å². The number of methoxy groups -OCH3 is 2. The molecule has 0 bridgehead atoms. The highest BCUT2D eigenvalue weighted by Gasteiger charge is 2.08. The second kappa shape index (κ2) is 11.8. The second-order valence-corrected chi connectivity index (χ2v) is 6.24. The topological polar surface area (TPSA) is 141 Å². The van der Waals surface area contributed by atoms with Crippen LogP contribution in [0.3, 0.4) is 0 Å². The van der Waals surface area contributed by atoms with Gasteiger partial charge in [-0.15, -0.1) is 0 Å². The second-order valence-electron chi connectivity index (χ2n) is 6.24. The van der Waals surface area contributed by atoms with E-state index in [0.717, 1.165) is 0 Å². The summed E-state index contributed by atoms with van der Waals surface area (Å²) in [5, 5.41) is 6.56. The SMILES string of the molecule is COc1ccc(NC(=O)CCC(=O)N/N=C\c2ccc(OCC(N)=O)c(OC)c2)cc1. The van der Waals surface area contributed by atoms with E-state index in [4.69, 9.17) is 19.9 Å². The number of nitrogens with zero attached hydrogens (tertiary/aromatic N) is 1. The molecule has 2 aromatic rings. The molecule has 164 valence electrons. The number of hydrazone groups is 1. The number of ether oxygens (including phenoxy) is 3. The first kappa shape index (κ1) is 23.2. The summed E-state index contributed by atoms with van der Waals surface area (Å²) in [4.78, 5) is 34.7. The van der Waals surface area contributed by atoms with Gasteiger partial charge in [-0.05, 0) is 48.0 Å². The third-order valence-corrected chi connectivity index (χ3v) is 3.91. The fraction of sp³-hybridized carbons (Fsp3) is 0.238. The van der Waals surface area contributed by atoms with Crippen LogP contribution in [0.4, 0.5) is 5.69 Å². The van der Waals surface area contributed by atoms with E-state index in [1.54, 1.807) is 49.6 Å². The van der Waals surface area contributed by atoms with Gasteiger partial charge in [0.05, 0.1) is 20.4 Å². The van der Waals surface area contributed by atoms with Crippen LogP contribution in [0.1, 0.15) is 18.4 Å². The Morgan fingerprint density at radius 2 is 1.68 bits per heavy atom. The van der Waals surface area contributed by atoms with Crippen molar-refractivity contribution in [2.45, 2.75) is 12.8 Å². The smallest absolute Gasteiger partial charge is 0.255 e. The maximum absolute atomic E-state index is 11.9. The van der Waals surface area contributed by atoms with E-state index in [0.29, 0.717) is 28.5 Å². The lowest BCUT2D eigenvalue weighted by Gasteiger charge is -2.09. The first-order chi connectivity index (χ1) is 14.9. The van der Waals surface area contributed by atoms with Gasteiger partial charge in [0.2, 0.25) is 11.8 Å². The molecule has 0 aliphatic rings. The lowest BCUT2D eigenvalue weighted by atomic mass is 10.2. The molecule has 0 unspecified atom stereocenters. The van der Waals surface area contributed by atoms with Crippen LogP contribution in [-0.2, 0) is 14.4 Å². The zero-order valence-corrected chi connectivity index (χ0v) is 17.2. The number of hydrogen-bond donors (Lipinski definition) is 3. The van der Waals surface area contributed by atoms with Gasteiger partial charge in [0.25, 0.3) is 5.91 Å². The monoisotopic (exact) mass is 428 g/mol. The Kier molecular flexibility index (Phi) is 8.84. The molecule has 0 aromatic heterocycles. The first-order valence-electron chi connectivity index (χ1n) is 9.26. The Bertz CT molecular complexity index is 943. The minimum Gasteiger partial charge on any atom is -0.497 e. The van der Waals surface area contributed by atoms with Crippen molar-refractivity contribution in [1.29, 1.82) is 0 Å². The van der Waals surface area contributed by atoms with Gasteiger partial charge in [0.15, 0.2) is 18.1 Å². The van der Waals surface area contributed by atoms with Gasteiger partial charge in [0.1, 0.15) is 5.75 Å². The van der Waals surface area contributed by atoms with E-state index >= 15 is 0 Å². The summed E-state index contributed by atoms with van der Waals surface area (Å²) < 4.78 is 15.5. The number of nitrogens with two attached hydrogens (primary N) is 1. The van der Waals surface area contributed by atoms with Gasteiger partial charge in [-0.3, -0.25) is 14.4 Å². The highest BCUT2D eigenvalue weighted by Crippen LogP contribution is 2.27. The lowest BCUT2D eigenvalue weighted by Crippen LogP contribution is -2.20. The fourth-order valence-electron chi connectivity index (χ4n) is 2.39. The van der Waals surface area contributed by atoms with Crippen LogP contribution in [0.5, 0.6) is 17.2 Å². The molecule has 0 atom stereocenters. The number of carbonyl (C=O) groups excluding carboxylic acids is 3. The molecule has 2 rings (SSSR count). The number of primary amides is 1. The highest BCUT2D eigenvalue weighted by molar-refractivity contribution is 5.93. The Morgan fingerprint density at radius 3 is 2.32 bits per heavy atom. The minimum atomic E-state index is -0.604. The molecule has 4 N–H and O–H groups in total. The number of nitrogens with one attached hydrogen (secondary N) is 2. The van der Waals surface area contributed by atoms with E-state index in [-0.39, 0.29) is 25.4 Å². The van der Waals surface area contributed by atoms with E-state index in [9.17, 15) is 14.4 Å². The standard InChI is InChI=1S/C21H24N4O6/c1-29-16-6-4-15(5-7-16)24-20(27)9-10-21(28)25-23-12-14-3-8-17(18(11-14)30-2)31-13-19(22)26/h3-8,11-12H,9-10,13H2,1-2H3,(H2,22,26)(H,24,27)(H,25,28)/b23-12-. The third kappa shape index (κ3) is 8.05. The van der Waals surface area contributed by atoms with Crippen LogP contribution in [0, 0.1) is 0 Å². The summed E-state index contributed by atoms with van der Waals surface area (Å²) in [5.74, 6) is 0.112. The van der Waals surface area contributed by atoms with Gasteiger partial charge in [-0.1, -0.05) is 0 Å². The molecule has 0 aliphatic carbocycles. The summed E-state index contributed by atoms with van der Waals surface area (Å²) in [7, 11) is 3.01. The van der Waals surface area contributed by atoms with Crippen molar-refractivity contribution in [1.82, 2.24) is 5.43 Å². The van der Waals surface area contributed by atoms with Gasteiger partial charge in [0, 0.05) is 18.5 Å². The molecular weight excluding hydrogens is 404 g/mol. The zero-order chi connectivity index (χ0) is 22.6. The van der Waals surface area contributed by atoms with E-state index in [2.05, 4.69) is 15.8 Å². The van der Waals surface area contributed by atoms with E-state index < -0.39 is 11.8 Å². The Labute approximate surface area is 179 Å². The van der Waals surface area contributed by atoms with Crippen molar-refractivity contribution in [3.05, 3.63) is 48.0 Å². The summed E-state index contributed by atoms with van der Waals surface area (Å²) in [6, 6.07) is 11.7. The van der Waals surface area contributed by atoms with Crippen molar-refractivity contribution in [3.8, 4) is 17.2 Å². The molecule has 31 heavy (non-hydrogen) atoms. The van der Waals surface area contributed by atoms with E-state index in [1.165, 1.54) is 13.3 Å². The Hall–Kier alpha value is -4.08. The number of hydrogen-bond acceptors (Lipinski definition) is 7. The summed E-state index contributed by atoms with van der Waals surface area (Å²) in [5.41, 5.74) is 8.65. The molecule has 0 fully saturated rings. The average Bonchev–Trinajstić information content (AvgIpc) is 2.77. The van der Waals surface area contributed by atoms with Crippen molar-refractivity contribution in [3.63, 3.8) is 0 Å². The molecule has 3 amide bonds. The molecule has 0 heterocycles. The first-order valence-corrected chi connectivity index (χ1v) is 9.26. The van der Waals surface area contributed by atoms with Crippen molar-refractivity contribution >= 4 is 29.6 Å². The Balaban J connectivity index is 1.79. The molecular formula is C21H24N4O6. The van der Waals surface area contributed by atoms with E-state index in [1.807, 2.05) is 0 Å². The highest BCUT2D eigenvalue weighted by atomic mass is 16.5. The number of amides is 3. The summed E-state index contributed by atoms with van der Waals surface area (Å²) in [6.07, 6.45) is 1.39. The quantitative estimate of drug-likeness (QED) is 0.365. The summed E-state index contributed by atoms with van der Waals surface area (Å²) >= 11 is 0. The predicted molar refractivity (Wildman–Crippen MR) is 114 cm³/mol. The fourth-order valence-corrected chi connectivity index (χ4v) is 2.39. The number of benzene rings is 2. The average molecular weight is 428 g/mol. The zero-order valence-electron chi connectivity index (χ0n) is 17.2. The summed E-state index contributed by atoms with van der Waals surface area (Å²) in [6.45, 7) is -0.272. The van der Waals surface area contributed by atoms with Crippen LogP contribution >= 0.6 is 0 Å². The molecule has 0 aliphatic heterocycles. The predicted octanol–water partition coefficient (Wildman–Crippen LogP) is 1.44. The molecule has 10 heteroatoms. The largest absolute Gasteiger partial charge is 0.497 e. The van der Waals surface area contributed by atoms with Crippen molar-refractivity contribution in [2.75, 3.05) is 26.1 Å². The lowest BCUT2D eigenvalue weighted by molar-refractivity contribution is -0.124. The number of anilines is 1. The van der Waals surface area contributed by atoms with Gasteiger partial charge in [-0.2, -0.15) is 5.10 Å². The molecule has 0 radical (unpaired) electrons. The molecule has 10 nitrogen and oxygen atoms in total. The van der Waals surface area contributed by atoms with Crippen LogP contribution in [0.25, 0.3) is 0 Å². The number of carbonyl (C=O) groups is 3. The van der Waals surface area contributed by atoms with Gasteiger partial charge >= 0.3 is 0 Å². The molecule has 0 saturated heterocycles. The normalized spacial score (nSPS) is 10.4. The van der Waals surface area contributed by atoms with Gasteiger partial charge in [-0.25, -0.2) is 5.43 Å².